The molecule has 0 fully saturated rings. The van der Waals surface area contributed by atoms with E-state index < -0.39 is 11.9 Å². The van der Waals surface area contributed by atoms with E-state index in [-0.39, 0.29) is 28.4 Å². The Hall–Kier alpha value is -3.98. The molecule has 0 aliphatic heterocycles. The minimum absolute atomic E-state index is 0.0282. The first-order valence-electron chi connectivity index (χ1n) is 17.4. The minimum Gasteiger partial charge on any atom is -0.506 e. The standard InChI is InChI=1S/C38H52N4O5/c1-5-6-7-8-9-10-11-12-13-14-15-16-19-22-47-38(45)29-23-30-31(24-32(29)46-4)41-34-27-20-17-18-21-28(27)36(43)33(35(34)42-30)37(44)40-25-26(2)39-3/h17-18,20-21,23-24,26,39,43H,5-16,19,22,25H2,1-4H3,(H,40,44). The molecule has 0 spiro atoms. The zero-order valence-corrected chi connectivity index (χ0v) is 28.6. The van der Waals surface area contributed by atoms with Crippen molar-refractivity contribution in [3.8, 4) is 11.5 Å². The minimum atomic E-state index is -0.495. The third-order valence-electron chi connectivity index (χ3n) is 8.89. The molecule has 4 rings (SSSR count). The summed E-state index contributed by atoms with van der Waals surface area (Å²) >= 11 is 0. The number of rotatable bonds is 20. The fourth-order valence-corrected chi connectivity index (χ4v) is 5.93. The fraction of sp³-hybridized carbons (Fsp3) is 0.526. The number of carbonyl (C=O) groups is 2. The Bertz CT molecular complexity index is 1640. The van der Waals surface area contributed by atoms with E-state index in [1.54, 1.807) is 24.3 Å². The summed E-state index contributed by atoms with van der Waals surface area (Å²) in [6, 6.07) is 10.5. The summed E-state index contributed by atoms with van der Waals surface area (Å²) < 4.78 is 11.2. The number of ether oxygens (including phenoxy) is 2. The molecule has 47 heavy (non-hydrogen) atoms. The third kappa shape index (κ3) is 9.53. The number of nitrogens with one attached hydrogen (secondary N) is 2. The lowest BCUT2D eigenvalue weighted by atomic mass is 10.0. The molecule has 9 nitrogen and oxygen atoms in total. The molecule has 0 aliphatic carbocycles. The van der Waals surface area contributed by atoms with E-state index in [1.807, 2.05) is 26.1 Å². The van der Waals surface area contributed by atoms with E-state index in [0.29, 0.717) is 46.2 Å². The van der Waals surface area contributed by atoms with E-state index in [4.69, 9.17) is 19.4 Å². The molecule has 0 aliphatic rings. The Morgan fingerprint density at radius 3 is 2.02 bits per heavy atom. The Morgan fingerprint density at radius 1 is 0.830 bits per heavy atom. The number of aromatic hydroxyl groups is 1. The van der Waals surface area contributed by atoms with Crippen LogP contribution in [0.5, 0.6) is 11.5 Å². The average Bonchev–Trinajstić information content (AvgIpc) is 3.09. The third-order valence-corrected chi connectivity index (χ3v) is 8.89. The zero-order valence-electron chi connectivity index (χ0n) is 28.6. The number of likely N-dealkylation sites (N-methyl/N-ethyl adjacent to an activating group) is 1. The number of esters is 1. The maximum Gasteiger partial charge on any atom is 0.341 e. The molecule has 0 saturated carbocycles. The fourth-order valence-electron chi connectivity index (χ4n) is 5.93. The molecular formula is C38H52N4O5. The highest BCUT2D eigenvalue weighted by atomic mass is 16.5. The van der Waals surface area contributed by atoms with E-state index in [0.717, 1.165) is 19.3 Å². The summed E-state index contributed by atoms with van der Waals surface area (Å²) in [6.07, 6.45) is 16.2. The van der Waals surface area contributed by atoms with Crippen molar-refractivity contribution >= 4 is 44.7 Å². The van der Waals surface area contributed by atoms with Crippen LogP contribution in [-0.4, -0.2) is 60.3 Å². The summed E-state index contributed by atoms with van der Waals surface area (Å²) in [5.74, 6) is -0.782. The second-order valence-electron chi connectivity index (χ2n) is 12.5. The lowest BCUT2D eigenvalue weighted by molar-refractivity contribution is 0.0494. The normalized spacial score (nSPS) is 12.1. The molecule has 1 atom stereocenters. The van der Waals surface area contributed by atoms with Gasteiger partial charge in [0.2, 0.25) is 0 Å². The number of carbonyl (C=O) groups excluding carboxylic acids is 2. The van der Waals surface area contributed by atoms with Crippen LogP contribution in [0.25, 0.3) is 32.8 Å². The van der Waals surface area contributed by atoms with Gasteiger partial charge in [0.1, 0.15) is 28.1 Å². The number of phenolic OH excluding ortho intramolecular Hbond substituents is 1. The monoisotopic (exact) mass is 644 g/mol. The van der Waals surface area contributed by atoms with Gasteiger partial charge < -0.3 is 25.2 Å². The van der Waals surface area contributed by atoms with Gasteiger partial charge in [0.05, 0.1) is 30.3 Å². The van der Waals surface area contributed by atoms with Gasteiger partial charge in [-0.3, -0.25) is 4.79 Å². The molecule has 0 radical (unpaired) electrons. The number of aromatic nitrogens is 2. The summed E-state index contributed by atoms with van der Waals surface area (Å²) in [4.78, 5) is 36.2. The average molecular weight is 645 g/mol. The van der Waals surface area contributed by atoms with Crippen LogP contribution < -0.4 is 15.4 Å². The van der Waals surface area contributed by atoms with Gasteiger partial charge in [-0.2, -0.15) is 0 Å². The number of methoxy groups -OCH3 is 1. The number of benzene rings is 3. The van der Waals surface area contributed by atoms with Crippen molar-refractivity contribution in [2.75, 3.05) is 27.3 Å². The van der Waals surface area contributed by atoms with Gasteiger partial charge in [0.15, 0.2) is 0 Å². The molecule has 0 bridgehead atoms. The van der Waals surface area contributed by atoms with E-state index in [9.17, 15) is 14.7 Å². The van der Waals surface area contributed by atoms with Crippen molar-refractivity contribution in [3.05, 3.63) is 47.5 Å². The van der Waals surface area contributed by atoms with Crippen molar-refractivity contribution in [3.63, 3.8) is 0 Å². The van der Waals surface area contributed by atoms with Gasteiger partial charge in [-0.25, -0.2) is 14.8 Å². The Morgan fingerprint density at radius 2 is 1.40 bits per heavy atom. The molecule has 4 aromatic rings. The van der Waals surface area contributed by atoms with Crippen LogP contribution in [0, 0.1) is 0 Å². The largest absolute Gasteiger partial charge is 0.506 e. The molecule has 9 heteroatoms. The molecule has 0 saturated heterocycles. The van der Waals surface area contributed by atoms with Crippen LogP contribution in [0.15, 0.2) is 36.4 Å². The van der Waals surface area contributed by atoms with Crippen LogP contribution in [-0.2, 0) is 4.74 Å². The highest BCUT2D eigenvalue weighted by Gasteiger charge is 2.24. The number of hydrogen-bond donors (Lipinski definition) is 3. The maximum absolute atomic E-state index is 13.4. The van der Waals surface area contributed by atoms with Gasteiger partial charge in [-0.05, 0) is 26.5 Å². The van der Waals surface area contributed by atoms with Crippen molar-refractivity contribution < 1.29 is 24.2 Å². The van der Waals surface area contributed by atoms with Gasteiger partial charge in [-0.15, -0.1) is 0 Å². The van der Waals surface area contributed by atoms with Crippen LogP contribution >= 0.6 is 0 Å². The summed E-state index contributed by atoms with van der Waals surface area (Å²) in [5.41, 5.74) is 1.88. The van der Waals surface area contributed by atoms with Crippen molar-refractivity contribution in [1.29, 1.82) is 0 Å². The number of hydrogen-bond acceptors (Lipinski definition) is 8. The van der Waals surface area contributed by atoms with Gasteiger partial charge >= 0.3 is 5.97 Å². The quantitative estimate of drug-likeness (QED) is 0.0381. The Labute approximate surface area is 278 Å². The molecule has 3 N–H and O–H groups in total. The first-order valence-corrected chi connectivity index (χ1v) is 17.4. The van der Waals surface area contributed by atoms with E-state index in [1.165, 1.54) is 71.3 Å². The zero-order chi connectivity index (χ0) is 33.6. The number of nitrogens with zero attached hydrogens (tertiary/aromatic N) is 2. The second kappa shape index (κ2) is 18.4. The SMILES string of the molecule is CCCCCCCCCCCCCCCOC(=O)c1cc2nc3c(C(=O)NCC(C)NC)c(O)c4ccccc4c3nc2cc1OC. The van der Waals surface area contributed by atoms with Crippen molar-refractivity contribution in [1.82, 2.24) is 20.6 Å². The van der Waals surface area contributed by atoms with Gasteiger partial charge in [0.25, 0.3) is 5.91 Å². The van der Waals surface area contributed by atoms with Crippen LogP contribution in [0.3, 0.4) is 0 Å². The van der Waals surface area contributed by atoms with E-state index >= 15 is 0 Å². The van der Waals surface area contributed by atoms with Crippen LogP contribution in [0.4, 0.5) is 0 Å². The number of phenols is 1. The number of amides is 1. The summed E-state index contributed by atoms with van der Waals surface area (Å²) in [6.45, 7) is 4.89. The first kappa shape index (κ1) is 35.9. The van der Waals surface area contributed by atoms with Gasteiger partial charge in [-0.1, -0.05) is 108 Å². The van der Waals surface area contributed by atoms with Crippen molar-refractivity contribution in [2.24, 2.45) is 0 Å². The lowest BCUT2D eigenvalue weighted by Gasteiger charge is -2.16. The lowest BCUT2D eigenvalue weighted by Crippen LogP contribution is -2.37. The molecule has 1 heterocycles. The first-order chi connectivity index (χ1) is 22.9. The second-order valence-corrected chi connectivity index (χ2v) is 12.5. The molecule has 1 aromatic heterocycles. The van der Waals surface area contributed by atoms with E-state index in [2.05, 4.69) is 17.6 Å². The van der Waals surface area contributed by atoms with Crippen molar-refractivity contribution in [2.45, 2.75) is 103 Å². The summed E-state index contributed by atoms with van der Waals surface area (Å²) in [5, 5.41) is 18.4. The van der Waals surface area contributed by atoms with Gasteiger partial charge in [0, 0.05) is 29.4 Å². The molecule has 1 amide bonds. The smallest absolute Gasteiger partial charge is 0.341 e. The highest BCUT2D eigenvalue weighted by Crippen LogP contribution is 2.37. The Kier molecular flexibility index (Phi) is 14.0. The Balaban J connectivity index is 1.43. The molecule has 1 unspecified atom stereocenters. The molecular weight excluding hydrogens is 592 g/mol. The van der Waals surface area contributed by atoms with Crippen LogP contribution in [0.1, 0.15) is 118 Å². The molecule has 254 valence electrons. The predicted octanol–water partition coefficient (Wildman–Crippen LogP) is 8.24. The predicted molar refractivity (Wildman–Crippen MR) is 190 cm³/mol. The molecule has 3 aromatic carbocycles. The summed E-state index contributed by atoms with van der Waals surface area (Å²) in [7, 11) is 3.31. The van der Waals surface area contributed by atoms with Crippen LogP contribution in [0.2, 0.25) is 0 Å². The number of unbranched alkanes of at least 4 members (excludes halogenated alkanes) is 12. The highest BCUT2D eigenvalue weighted by molar-refractivity contribution is 6.19. The number of fused-ring (bicyclic) bond motifs is 4. The topological polar surface area (TPSA) is 123 Å². The maximum atomic E-state index is 13.4.